The average molecular weight is 419 g/mol. The zero-order valence-corrected chi connectivity index (χ0v) is 18.2. The number of amides is 2. The van der Waals surface area contributed by atoms with Crippen molar-refractivity contribution in [1.82, 2.24) is 20.4 Å². The third-order valence-electron chi connectivity index (χ3n) is 6.06. The Kier molecular flexibility index (Phi) is 6.07. The van der Waals surface area contributed by atoms with Crippen molar-refractivity contribution in [3.05, 3.63) is 65.9 Å². The van der Waals surface area contributed by atoms with Gasteiger partial charge in [0.15, 0.2) is 5.69 Å². The van der Waals surface area contributed by atoms with Gasteiger partial charge in [-0.1, -0.05) is 67.8 Å². The molecule has 0 saturated heterocycles. The van der Waals surface area contributed by atoms with Crippen LogP contribution in [0, 0.1) is 0 Å². The van der Waals surface area contributed by atoms with E-state index in [0.29, 0.717) is 5.69 Å². The summed E-state index contributed by atoms with van der Waals surface area (Å²) in [6, 6.07) is 17.7. The number of nitrogens with one attached hydrogen (secondary N) is 2. The summed E-state index contributed by atoms with van der Waals surface area (Å²) >= 11 is 0. The number of hydrogen-bond acceptors (Lipinski definition) is 3. The zero-order chi connectivity index (χ0) is 21.8. The van der Waals surface area contributed by atoms with Gasteiger partial charge in [-0.05, 0) is 38.3 Å². The van der Waals surface area contributed by atoms with Gasteiger partial charge in [0.05, 0.1) is 11.1 Å². The molecule has 6 heteroatoms. The Morgan fingerprint density at radius 2 is 1.68 bits per heavy atom. The first-order valence-corrected chi connectivity index (χ1v) is 11.1. The first kappa shape index (κ1) is 21.1. The van der Waals surface area contributed by atoms with Crippen molar-refractivity contribution >= 4 is 22.7 Å². The largest absolute Gasteiger partial charge is 0.352 e. The van der Waals surface area contributed by atoms with Gasteiger partial charge in [-0.3, -0.25) is 14.3 Å². The van der Waals surface area contributed by atoms with E-state index in [2.05, 4.69) is 15.7 Å². The van der Waals surface area contributed by atoms with Crippen LogP contribution in [0.5, 0.6) is 0 Å². The summed E-state index contributed by atoms with van der Waals surface area (Å²) in [7, 11) is 0. The third-order valence-corrected chi connectivity index (χ3v) is 6.06. The Morgan fingerprint density at radius 1 is 1.00 bits per heavy atom. The van der Waals surface area contributed by atoms with Crippen LogP contribution in [-0.2, 0) is 16.9 Å². The van der Waals surface area contributed by atoms with E-state index >= 15 is 0 Å². The summed E-state index contributed by atoms with van der Waals surface area (Å²) < 4.78 is 1.64. The summed E-state index contributed by atoms with van der Waals surface area (Å²) in [5.74, 6) is -0.312. The molecule has 4 rings (SSSR count). The summed E-state index contributed by atoms with van der Waals surface area (Å²) in [5, 5.41) is 11.5. The minimum absolute atomic E-state index is 0.0586. The van der Waals surface area contributed by atoms with E-state index in [0.717, 1.165) is 42.1 Å². The fourth-order valence-corrected chi connectivity index (χ4v) is 4.34. The molecule has 1 heterocycles. The van der Waals surface area contributed by atoms with Crippen LogP contribution in [0.1, 0.15) is 62.0 Å². The molecule has 1 fully saturated rings. The molecule has 3 aromatic rings. The van der Waals surface area contributed by atoms with Crippen molar-refractivity contribution in [1.29, 1.82) is 0 Å². The summed E-state index contributed by atoms with van der Waals surface area (Å²) in [5.41, 5.74) is 1.58. The Labute approximate surface area is 183 Å². The van der Waals surface area contributed by atoms with Crippen LogP contribution >= 0.6 is 0 Å². The Hall–Kier alpha value is -3.15. The van der Waals surface area contributed by atoms with E-state index in [-0.39, 0.29) is 24.4 Å². The van der Waals surface area contributed by atoms with Crippen LogP contribution in [0.4, 0.5) is 0 Å². The first-order valence-electron chi connectivity index (χ1n) is 11.1. The molecule has 0 aliphatic heterocycles. The molecule has 31 heavy (non-hydrogen) atoms. The van der Waals surface area contributed by atoms with Gasteiger partial charge in [-0.25, -0.2) is 0 Å². The second-order valence-electron chi connectivity index (χ2n) is 8.87. The quantitative estimate of drug-likeness (QED) is 0.631. The van der Waals surface area contributed by atoms with Gasteiger partial charge in [0, 0.05) is 11.4 Å². The topological polar surface area (TPSA) is 76.0 Å². The highest BCUT2D eigenvalue weighted by molar-refractivity contribution is 6.05. The fourth-order valence-electron chi connectivity index (χ4n) is 4.34. The Morgan fingerprint density at radius 3 is 2.42 bits per heavy atom. The van der Waals surface area contributed by atoms with E-state index in [1.54, 1.807) is 4.68 Å². The lowest BCUT2D eigenvalue weighted by molar-refractivity contribution is -0.122. The maximum Gasteiger partial charge on any atom is 0.273 e. The number of benzene rings is 2. The number of para-hydroxylation sites is 1. The monoisotopic (exact) mass is 418 g/mol. The normalized spacial score (nSPS) is 15.0. The van der Waals surface area contributed by atoms with Gasteiger partial charge < -0.3 is 10.6 Å². The number of aromatic nitrogens is 2. The van der Waals surface area contributed by atoms with Crippen LogP contribution in [0.15, 0.2) is 54.6 Å². The van der Waals surface area contributed by atoms with Gasteiger partial charge in [-0.15, -0.1) is 0 Å². The lowest BCUT2D eigenvalue weighted by atomic mass is 9.94. The first-order chi connectivity index (χ1) is 14.9. The molecule has 1 aliphatic rings. The standard InChI is InChI=1S/C25H30N4O2/c1-25(2,18-11-5-3-6-12-18)27-24(31)23-20-15-9-10-16-21(20)29(28-23)17-22(30)26-19-13-7-4-8-14-19/h3,5-6,9-12,15-16,19H,4,7-8,13-14,17H2,1-2H3,(H,26,30)(H,27,31). The van der Waals surface area contributed by atoms with E-state index in [1.807, 2.05) is 68.4 Å². The van der Waals surface area contributed by atoms with Crippen molar-refractivity contribution in [2.45, 2.75) is 64.1 Å². The summed E-state index contributed by atoms with van der Waals surface area (Å²) in [6.07, 6.45) is 5.64. The molecule has 6 nitrogen and oxygen atoms in total. The number of fused-ring (bicyclic) bond motifs is 1. The Bertz CT molecular complexity index is 1070. The van der Waals surface area contributed by atoms with Crippen molar-refractivity contribution < 1.29 is 9.59 Å². The van der Waals surface area contributed by atoms with E-state index in [1.165, 1.54) is 6.42 Å². The maximum absolute atomic E-state index is 13.2. The van der Waals surface area contributed by atoms with Crippen molar-refractivity contribution in [2.75, 3.05) is 0 Å². The predicted octanol–water partition coefficient (Wildman–Crippen LogP) is 4.15. The summed E-state index contributed by atoms with van der Waals surface area (Å²) in [4.78, 5) is 25.8. The maximum atomic E-state index is 13.2. The van der Waals surface area contributed by atoms with Crippen LogP contribution in [-0.4, -0.2) is 27.6 Å². The van der Waals surface area contributed by atoms with Gasteiger partial charge in [0.1, 0.15) is 6.54 Å². The molecule has 0 atom stereocenters. The highest BCUT2D eigenvalue weighted by atomic mass is 16.2. The molecule has 0 spiro atoms. The number of rotatable bonds is 6. The molecular weight excluding hydrogens is 388 g/mol. The molecule has 1 aromatic heterocycles. The molecule has 0 unspecified atom stereocenters. The average Bonchev–Trinajstić information content (AvgIpc) is 3.13. The van der Waals surface area contributed by atoms with Crippen molar-refractivity contribution in [2.24, 2.45) is 0 Å². The number of carbonyl (C=O) groups is 2. The second-order valence-corrected chi connectivity index (χ2v) is 8.87. The molecule has 2 amide bonds. The highest BCUT2D eigenvalue weighted by Gasteiger charge is 2.26. The van der Waals surface area contributed by atoms with Gasteiger partial charge in [0.25, 0.3) is 5.91 Å². The molecule has 162 valence electrons. The number of hydrogen-bond donors (Lipinski definition) is 2. The SMILES string of the molecule is CC(C)(NC(=O)c1nn(CC(=O)NC2CCCCC2)c2ccccc12)c1ccccc1. The third kappa shape index (κ3) is 4.79. The molecule has 1 aliphatic carbocycles. The lowest BCUT2D eigenvalue weighted by Crippen LogP contribution is -2.41. The molecule has 1 saturated carbocycles. The van der Waals surface area contributed by atoms with Gasteiger partial charge >= 0.3 is 0 Å². The molecule has 0 bridgehead atoms. The molecule has 2 N–H and O–H groups in total. The predicted molar refractivity (Wildman–Crippen MR) is 122 cm³/mol. The van der Waals surface area contributed by atoms with E-state index in [9.17, 15) is 9.59 Å². The summed E-state index contributed by atoms with van der Waals surface area (Å²) in [6.45, 7) is 4.04. The van der Waals surface area contributed by atoms with Crippen molar-refractivity contribution in [3.8, 4) is 0 Å². The van der Waals surface area contributed by atoms with Gasteiger partial charge in [-0.2, -0.15) is 5.10 Å². The van der Waals surface area contributed by atoms with Crippen LogP contribution in [0.3, 0.4) is 0 Å². The van der Waals surface area contributed by atoms with E-state index in [4.69, 9.17) is 0 Å². The molecular formula is C25H30N4O2. The van der Waals surface area contributed by atoms with Crippen LogP contribution in [0.25, 0.3) is 10.9 Å². The minimum atomic E-state index is -0.554. The van der Waals surface area contributed by atoms with Crippen molar-refractivity contribution in [3.63, 3.8) is 0 Å². The minimum Gasteiger partial charge on any atom is -0.352 e. The smallest absolute Gasteiger partial charge is 0.273 e. The zero-order valence-electron chi connectivity index (χ0n) is 18.2. The van der Waals surface area contributed by atoms with Crippen LogP contribution in [0.2, 0.25) is 0 Å². The fraction of sp³-hybridized carbons (Fsp3) is 0.400. The van der Waals surface area contributed by atoms with Crippen LogP contribution < -0.4 is 10.6 Å². The molecule has 0 radical (unpaired) electrons. The second kappa shape index (κ2) is 8.92. The highest BCUT2D eigenvalue weighted by Crippen LogP contribution is 2.23. The molecule has 2 aromatic carbocycles. The van der Waals surface area contributed by atoms with Gasteiger partial charge in [0.2, 0.25) is 5.91 Å². The van der Waals surface area contributed by atoms with E-state index < -0.39 is 5.54 Å². The number of carbonyl (C=O) groups excluding carboxylic acids is 2. The Balaban J connectivity index is 1.54. The lowest BCUT2D eigenvalue weighted by Gasteiger charge is -2.26. The number of nitrogens with zero attached hydrogens (tertiary/aromatic N) is 2.